The van der Waals surface area contributed by atoms with E-state index in [4.69, 9.17) is 0 Å². The second kappa shape index (κ2) is 3.53. The number of anilines is 1. The number of aromatic nitrogens is 1. The van der Waals surface area contributed by atoms with Crippen molar-refractivity contribution in [3.05, 3.63) is 36.1 Å². The normalized spacial score (nSPS) is 15.0. The van der Waals surface area contributed by atoms with Crippen LogP contribution in [0.2, 0.25) is 0 Å². The molecule has 1 aliphatic rings. The zero-order valence-electron chi connectivity index (χ0n) is 7.29. The van der Waals surface area contributed by atoms with Crippen molar-refractivity contribution in [3.63, 3.8) is 0 Å². The van der Waals surface area contributed by atoms with Crippen LogP contribution in [0.3, 0.4) is 0 Å². The first kappa shape index (κ1) is 8.19. The number of hydrogen-bond donors (Lipinski definition) is 0. The SMILES string of the molecule is C[n+]1csc(N2C=CC=CC=N2)c1. The van der Waals surface area contributed by atoms with Crippen molar-refractivity contribution in [2.24, 2.45) is 12.1 Å². The summed E-state index contributed by atoms with van der Waals surface area (Å²) in [4.78, 5) is 0. The number of rotatable bonds is 1. The van der Waals surface area contributed by atoms with Gasteiger partial charge in [0.2, 0.25) is 11.7 Å². The van der Waals surface area contributed by atoms with Gasteiger partial charge in [-0.05, 0) is 12.2 Å². The van der Waals surface area contributed by atoms with Crippen LogP contribution in [0.15, 0.2) is 41.2 Å². The van der Waals surface area contributed by atoms with Gasteiger partial charge in [0.05, 0.1) is 0 Å². The average molecular weight is 192 g/mol. The Kier molecular flexibility index (Phi) is 2.23. The molecular formula is C9H10N3S+. The number of hydrazone groups is 1. The molecule has 13 heavy (non-hydrogen) atoms. The molecule has 2 rings (SSSR count). The van der Waals surface area contributed by atoms with Gasteiger partial charge in [0.25, 0.3) is 0 Å². The Morgan fingerprint density at radius 2 is 2.31 bits per heavy atom. The highest BCUT2D eigenvalue weighted by atomic mass is 32.1. The third kappa shape index (κ3) is 1.84. The van der Waals surface area contributed by atoms with E-state index in [0.717, 1.165) is 5.00 Å². The fourth-order valence-electron chi connectivity index (χ4n) is 1.01. The highest BCUT2D eigenvalue weighted by molar-refractivity contribution is 7.13. The Bertz CT molecular complexity index is 360. The maximum atomic E-state index is 4.24. The number of thiazole rings is 1. The smallest absolute Gasteiger partial charge is 0.225 e. The van der Waals surface area contributed by atoms with Gasteiger partial charge in [-0.1, -0.05) is 17.4 Å². The van der Waals surface area contributed by atoms with Gasteiger partial charge >= 0.3 is 0 Å². The fraction of sp³-hybridized carbons (Fsp3) is 0.111. The van der Waals surface area contributed by atoms with Crippen molar-refractivity contribution in [3.8, 4) is 0 Å². The first-order valence-corrected chi connectivity index (χ1v) is 4.85. The molecule has 66 valence electrons. The molecule has 0 unspecified atom stereocenters. The van der Waals surface area contributed by atoms with E-state index in [0.29, 0.717) is 0 Å². The minimum Gasteiger partial charge on any atom is -0.225 e. The second-order valence-corrected chi connectivity index (χ2v) is 3.56. The lowest BCUT2D eigenvalue weighted by atomic mass is 10.5. The van der Waals surface area contributed by atoms with Gasteiger partial charge in [-0.2, -0.15) is 9.67 Å². The van der Waals surface area contributed by atoms with Crippen molar-refractivity contribution in [1.29, 1.82) is 0 Å². The number of hydrogen-bond acceptors (Lipinski definition) is 3. The van der Waals surface area contributed by atoms with Crippen LogP contribution in [-0.4, -0.2) is 6.21 Å². The van der Waals surface area contributed by atoms with Crippen molar-refractivity contribution < 1.29 is 4.57 Å². The number of nitrogens with zero attached hydrogens (tertiary/aromatic N) is 3. The molecule has 1 aromatic rings. The van der Waals surface area contributed by atoms with Gasteiger partial charge < -0.3 is 0 Å². The van der Waals surface area contributed by atoms with E-state index in [-0.39, 0.29) is 0 Å². The lowest BCUT2D eigenvalue weighted by Crippen LogP contribution is -2.23. The largest absolute Gasteiger partial charge is 0.226 e. The highest BCUT2D eigenvalue weighted by Gasteiger charge is 2.08. The molecule has 0 fully saturated rings. The molecule has 0 aliphatic carbocycles. The maximum absolute atomic E-state index is 4.24. The molecular weight excluding hydrogens is 182 g/mol. The summed E-state index contributed by atoms with van der Waals surface area (Å²) in [6.45, 7) is 0. The zero-order chi connectivity index (χ0) is 9.10. The van der Waals surface area contributed by atoms with Crippen molar-refractivity contribution in [2.75, 3.05) is 5.01 Å². The first-order valence-electron chi connectivity index (χ1n) is 3.97. The lowest BCUT2D eigenvalue weighted by Gasteiger charge is -2.06. The van der Waals surface area contributed by atoms with Crippen LogP contribution >= 0.6 is 11.3 Å². The van der Waals surface area contributed by atoms with E-state index in [1.54, 1.807) is 17.6 Å². The third-order valence-electron chi connectivity index (χ3n) is 1.61. The van der Waals surface area contributed by atoms with Crippen LogP contribution in [0, 0.1) is 0 Å². The molecule has 0 bridgehead atoms. The van der Waals surface area contributed by atoms with Crippen LogP contribution in [0.5, 0.6) is 0 Å². The molecule has 1 aromatic heterocycles. The van der Waals surface area contributed by atoms with E-state index in [9.17, 15) is 0 Å². The molecule has 0 N–H and O–H groups in total. The summed E-state index contributed by atoms with van der Waals surface area (Å²) in [5, 5.41) is 7.20. The highest BCUT2D eigenvalue weighted by Crippen LogP contribution is 2.19. The summed E-state index contributed by atoms with van der Waals surface area (Å²) in [5.41, 5.74) is 2.04. The Labute approximate surface area is 80.9 Å². The molecule has 3 nitrogen and oxygen atoms in total. The average Bonchev–Trinajstić information content (AvgIpc) is 2.43. The molecule has 0 saturated heterocycles. The summed E-state index contributed by atoms with van der Waals surface area (Å²) in [7, 11) is 2.00. The number of allylic oxidation sites excluding steroid dienone is 3. The standard InChI is InChI=1S/C9H10N3S/c1-11-7-9(13-8-11)12-6-4-2-3-5-10-12/h2-8H,1H3/q+1. The minimum absolute atomic E-state index is 1.11. The third-order valence-corrected chi connectivity index (χ3v) is 2.58. The zero-order valence-corrected chi connectivity index (χ0v) is 8.11. The van der Waals surface area contributed by atoms with Gasteiger partial charge in [-0.3, -0.25) is 0 Å². The van der Waals surface area contributed by atoms with Gasteiger partial charge in [0.1, 0.15) is 7.05 Å². The summed E-state index contributed by atoms with van der Waals surface area (Å²) < 4.78 is 2.02. The van der Waals surface area contributed by atoms with Crippen molar-refractivity contribution >= 4 is 22.6 Å². The van der Waals surface area contributed by atoms with Crippen LogP contribution in [0.4, 0.5) is 5.00 Å². The quantitative estimate of drug-likeness (QED) is 0.616. The molecule has 0 saturated carbocycles. The number of aryl methyl sites for hydroxylation is 1. The summed E-state index contributed by atoms with van der Waals surface area (Å²) >= 11 is 1.66. The summed E-state index contributed by atoms with van der Waals surface area (Å²) in [6.07, 6.45) is 11.6. The van der Waals surface area contributed by atoms with Crippen LogP contribution < -0.4 is 9.58 Å². The summed E-state index contributed by atoms with van der Waals surface area (Å²) in [6, 6.07) is 0. The lowest BCUT2D eigenvalue weighted by molar-refractivity contribution is -0.666. The minimum atomic E-state index is 1.11. The first-order chi connectivity index (χ1) is 6.36. The Morgan fingerprint density at radius 1 is 1.38 bits per heavy atom. The van der Waals surface area contributed by atoms with Crippen LogP contribution in [0.1, 0.15) is 0 Å². The van der Waals surface area contributed by atoms with E-state index in [1.807, 2.05) is 52.8 Å². The topological polar surface area (TPSA) is 19.5 Å². The van der Waals surface area contributed by atoms with Gasteiger partial charge in [0, 0.05) is 12.4 Å². The van der Waals surface area contributed by atoms with Crippen LogP contribution in [0.25, 0.3) is 0 Å². The van der Waals surface area contributed by atoms with E-state index in [2.05, 4.69) is 5.10 Å². The van der Waals surface area contributed by atoms with E-state index >= 15 is 0 Å². The van der Waals surface area contributed by atoms with Gasteiger partial charge in [-0.15, -0.1) is 0 Å². The monoisotopic (exact) mass is 192 g/mol. The summed E-state index contributed by atoms with van der Waals surface area (Å²) in [5.74, 6) is 0. The van der Waals surface area contributed by atoms with Crippen molar-refractivity contribution in [2.45, 2.75) is 0 Å². The predicted molar refractivity (Wildman–Crippen MR) is 54.7 cm³/mol. The van der Waals surface area contributed by atoms with Gasteiger partial charge in [-0.25, -0.2) is 5.01 Å². The molecule has 0 spiro atoms. The fourth-order valence-corrected chi connectivity index (χ4v) is 1.79. The Morgan fingerprint density at radius 3 is 3.08 bits per heavy atom. The van der Waals surface area contributed by atoms with Crippen molar-refractivity contribution in [1.82, 2.24) is 0 Å². The molecule has 4 heteroatoms. The molecule has 1 aliphatic heterocycles. The molecule has 0 radical (unpaired) electrons. The Hall–Kier alpha value is -1.42. The molecule has 0 atom stereocenters. The van der Waals surface area contributed by atoms with E-state index < -0.39 is 0 Å². The second-order valence-electron chi connectivity index (χ2n) is 2.69. The predicted octanol–water partition coefficient (Wildman–Crippen LogP) is 1.45. The Balaban J connectivity index is 2.26. The molecule has 2 heterocycles. The van der Waals surface area contributed by atoms with Crippen LogP contribution in [-0.2, 0) is 7.05 Å². The molecule has 0 aromatic carbocycles. The molecule has 0 amide bonds. The van der Waals surface area contributed by atoms with Gasteiger partial charge in [0.15, 0.2) is 5.00 Å². The van der Waals surface area contributed by atoms with E-state index in [1.165, 1.54) is 0 Å². The maximum Gasteiger partial charge on any atom is 0.226 e.